The molecule has 0 saturated heterocycles. The molecule has 0 radical (unpaired) electrons. The van der Waals surface area contributed by atoms with Crippen molar-refractivity contribution in [2.45, 2.75) is 51.2 Å². The van der Waals surface area contributed by atoms with E-state index in [2.05, 4.69) is 16.0 Å². The molecule has 3 atom stereocenters. The molecule has 1 aromatic carbocycles. The average Bonchev–Trinajstić information content (AvgIpc) is 2.73. The van der Waals surface area contributed by atoms with Gasteiger partial charge in [-0.1, -0.05) is 44.2 Å². The van der Waals surface area contributed by atoms with Crippen molar-refractivity contribution in [3.63, 3.8) is 0 Å². The van der Waals surface area contributed by atoms with Crippen molar-refractivity contribution in [3.8, 4) is 0 Å². The maximum Gasteiger partial charge on any atom is 0.326 e. The number of nitrogens with two attached hydrogens (primary N) is 2. The molecule has 0 aliphatic carbocycles. The summed E-state index contributed by atoms with van der Waals surface area (Å²) >= 11 is 0. The van der Waals surface area contributed by atoms with Crippen molar-refractivity contribution in [1.82, 2.24) is 16.0 Å². The van der Waals surface area contributed by atoms with E-state index < -0.39 is 54.3 Å². The van der Waals surface area contributed by atoms with E-state index in [9.17, 15) is 24.0 Å². The number of carbonyl (C=O) groups excluding carboxylic acids is 4. The fraction of sp³-hybridized carbons (Fsp3) is 0.476. The lowest BCUT2D eigenvalue weighted by molar-refractivity contribution is -0.142. The van der Waals surface area contributed by atoms with E-state index in [1.165, 1.54) is 0 Å². The molecule has 0 spiro atoms. The number of carboxylic acid groups (broad SMARTS) is 1. The SMILES string of the molecule is CC(C)C(NC(=O)C(N)Cc1ccccc1)C(=O)NCC(=O)NC(CCC(N)=O)C(=O)O. The summed E-state index contributed by atoms with van der Waals surface area (Å²) in [6.07, 6.45) is -0.0912. The molecule has 11 nitrogen and oxygen atoms in total. The maximum absolute atomic E-state index is 12.5. The van der Waals surface area contributed by atoms with Gasteiger partial charge in [0.05, 0.1) is 12.6 Å². The standard InChI is InChI=1S/C21H31N5O6/c1-12(2)18(26-19(29)14(22)10-13-6-4-3-5-7-13)20(30)24-11-17(28)25-15(21(31)32)8-9-16(23)27/h3-7,12,14-15,18H,8-11,22H2,1-2H3,(H2,23,27)(H,24,30)(H,25,28)(H,26,29)(H,31,32). The molecule has 0 fully saturated rings. The molecule has 176 valence electrons. The number of nitrogens with one attached hydrogen (secondary N) is 3. The first-order chi connectivity index (χ1) is 15.0. The van der Waals surface area contributed by atoms with E-state index in [4.69, 9.17) is 16.6 Å². The lowest BCUT2D eigenvalue weighted by Crippen LogP contribution is -2.55. The van der Waals surface area contributed by atoms with Gasteiger partial charge in [0, 0.05) is 6.42 Å². The third-order valence-corrected chi connectivity index (χ3v) is 4.62. The Labute approximate surface area is 186 Å². The summed E-state index contributed by atoms with van der Waals surface area (Å²) in [5, 5.41) is 16.3. The Balaban J connectivity index is 2.60. The molecule has 0 heterocycles. The van der Waals surface area contributed by atoms with E-state index in [-0.39, 0.29) is 18.8 Å². The Morgan fingerprint density at radius 2 is 1.62 bits per heavy atom. The summed E-state index contributed by atoms with van der Waals surface area (Å²) in [5.74, 6) is -4.20. The van der Waals surface area contributed by atoms with Crippen molar-refractivity contribution >= 4 is 29.6 Å². The number of aliphatic carboxylic acids is 1. The van der Waals surface area contributed by atoms with Crippen LogP contribution >= 0.6 is 0 Å². The van der Waals surface area contributed by atoms with Gasteiger partial charge in [-0.3, -0.25) is 19.2 Å². The van der Waals surface area contributed by atoms with Gasteiger partial charge >= 0.3 is 5.97 Å². The highest BCUT2D eigenvalue weighted by Crippen LogP contribution is 2.05. The van der Waals surface area contributed by atoms with Crippen LogP contribution in [0.4, 0.5) is 0 Å². The fourth-order valence-electron chi connectivity index (χ4n) is 2.82. The molecular weight excluding hydrogens is 418 g/mol. The van der Waals surface area contributed by atoms with Crippen molar-refractivity contribution in [2.24, 2.45) is 17.4 Å². The second-order valence-corrected chi connectivity index (χ2v) is 7.71. The third kappa shape index (κ3) is 9.56. The summed E-state index contributed by atoms with van der Waals surface area (Å²) in [6, 6.07) is 6.07. The first kappa shape index (κ1) is 26.6. The Morgan fingerprint density at radius 1 is 1.00 bits per heavy atom. The highest BCUT2D eigenvalue weighted by Gasteiger charge is 2.27. The van der Waals surface area contributed by atoms with Crippen LogP contribution in [0.2, 0.25) is 0 Å². The second kappa shape index (κ2) is 13.1. The number of amides is 4. The molecule has 0 aromatic heterocycles. The van der Waals surface area contributed by atoms with E-state index in [0.29, 0.717) is 6.42 Å². The zero-order valence-electron chi connectivity index (χ0n) is 18.2. The van der Waals surface area contributed by atoms with E-state index >= 15 is 0 Å². The van der Waals surface area contributed by atoms with Crippen LogP contribution in [0, 0.1) is 5.92 Å². The Hall–Kier alpha value is -3.47. The molecule has 0 bridgehead atoms. The highest BCUT2D eigenvalue weighted by molar-refractivity contribution is 5.92. The minimum Gasteiger partial charge on any atom is -0.480 e. The lowest BCUT2D eigenvalue weighted by Gasteiger charge is -2.23. The average molecular weight is 450 g/mol. The maximum atomic E-state index is 12.5. The molecule has 1 aromatic rings. The molecule has 0 saturated carbocycles. The van der Waals surface area contributed by atoms with Crippen molar-refractivity contribution in [1.29, 1.82) is 0 Å². The largest absolute Gasteiger partial charge is 0.480 e. The minimum absolute atomic E-state index is 0.172. The first-order valence-corrected chi connectivity index (χ1v) is 10.2. The quantitative estimate of drug-likeness (QED) is 0.214. The van der Waals surface area contributed by atoms with Gasteiger partial charge < -0.3 is 32.5 Å². The number of hydrogen-bond donors (Lipinski definition) is 6. The number of carbonyl (C=O) groups is 5. The third-order valence-electron chi connectivity index (χ3n) is 4.62. The van der Waals surface area contributed by atoms with Gasteiger partial charge in [0.15, 0.2) is 0 Å². The van der Waals surface area contributed by atoms with E-state index in [1.54, 1.807) is 13.8 Å². The summed E-state index contributed by atoms with van der Waals surface area (Å²) in [6.45, 7) is 2.93. The molecular formula is C21H31N5O6. The summed E-state index contributed by atoms with van der Waals surface area (Å²) in [7, 11) is 0. The van der Waals surface area contributed by atoms with Crippen LogP contribution in [0.5, 0.6) is 0 Å². The first-order valence-electron chi connectivity index (χ1n) is 10.2. The smallest absolute Gasteiger partial charge is 0.326 e. The zero-order chi connectivity index (χ0) is 24.3. The van der Waals surface area contributed by atoms with Crippen molar-refractivity contribution in [2.75, 3.05) is 6.54 Å². The molecule has 0 aliphatic heterocycles. The van der Waals surface area contributed by atoms with Crippen LogP contribution in [0.15, 0.2) is 30.3 Å². The number of primary amides is 1. The fourth-order valence-corrected chi connectivity index (χ4v) is 2.82. The van der Waals surface area contributed by atoms with Crippen LogP contribution < -0.4 is 27.4 Å². The summed E-state index contributed by atoms with van der Waals surface area (Å²) in [5.41, 5.74) is 11.8. The molecule has 32 heavy (non-hydrogen) atoms. The van der Waals surface area contributed by atoms with Crippen LogP contribution in [0.25, 0.3) is 0 Å². The normalized spacial score (nSPS) is 13.5. The zero-order valence-corrected chi connectivity index (χ0v) is 18.2. The monoisotopic (exact) mass is 449 g/mol. The highest BCUT2D eigenvalue weighted by atomic mass is 16.4. The molecule has 3 unspecified atom stereocenters. The molecule has 1 rings (SSSR count). The summed E-state index contributed by atoms with van der Waals surface area (Å²) in [4.78, 5) is 59.0. The predicted octanol–water partition coefficient (Wildman–Crippen LogP) is -1.35. The van der Waals surface area contributed by atoms with Crippen molar-refractivity contribution < 1.29 is 29.1 Å². The van der Waals surface area contributed by atoms with Crippen molar-refractivity contribution in [3.05, 3.63) is 35.9 Å². The topological polar surface area (TPSA) is 194 Å². The Morgan fingerprint density at radius 3 is 2.16 bits per heavy atom. The molecule has 11 heteroatoms. The second-order valence-electron chi connectivity index (χ2n) is 7.71. The van der Waals surface area contributed by atoms with Crippen LogP contribution in [0.3, 0.4) is 0 Å². The lowest BCUT2D eigenvalue weighted by atomic mass is 10.0. The number of hydrogen-bond acceptors (Lipinski definition) is 6. The number of carboxylic acids is 1. The van der Waals surface area contributed by atoms with Gasteiger partial charge in [-0.15, -0.1) is 0 Å². The van der Waals surface area contributed by atoms with Gasteiger partial charge in [0.25, 0.3) is 0 Å². The molecule has 8 N–H and O–H groups in total. The van der Waals surface area contributed by atoms with E-state index in [1.807, 2.05) is 30.3 Å². The Kier molecular flexibility index (Phi) is 10.8. The summed E-state index contributed by atoms with van der Waals surface area (Å²) < 4.78 is 0. The van der Waals surface area contributed by atoms with Crippen LogP contribution in [-0.4, -0.2) is 59.4 Å². The van der Waals surface area contributed by atoms with Crippen LogP contribution in [-0.2, 0) is 30.4 Å². The van der Waals surface area contributed by atoms with Gasteiger partial charge in [-0.2, -0.15) is 0 Å². The number of benzene rings is 1. The molecule has 0 aliphatic rings. The minimum atomic E-state index is -1.33. The number of rotatable bonds is 13. The van der Waals surface area contributed by atoms with Crippen LogP contribution in [0.1, 0.15) is 32.3 Å². The van der Waals surface area contributed by atoms with Gasteiger partial charge in [0.1, 0.15) is 12.1 Å². The van der Waals surface area contributed by atoms with Gasteiger partial charge in [-0.25, -0.2) is 4.79 Å². The Bertz CT molecular complexity index is 814. The predicted molar refractivity (Wildman–Crippen MR) is 116 cm³/mol. The van der Waals surface area contributed by atoms with E-state index in [0.717, 1.165) is 5.56 Å². The molecule has 4 amide bonds. The van der Waals surface area contributed by atoms with Gasteiger partial charge in [0.2, 0.25) is 23.6 Å². The van der Waals surface area contributed by atoms with Gasteiger partial charge in [-0.05, 0) is 24.3 Å².